The summed E-state index contributed by atoms with van der Waals surface area (Å²) in [5.74, 6) is -0.139. The highest BCUT2D eigenvalue weighted by molar-refractivity contribution is 7.90. The standard InChI is InChI=1S/C17H23N3O3S/c1-11-12(2)19-20(14(11)4)10-17(21)18-13(3)15-6-8-16(9-7-15)24(5,22)23/h6-9,13H,10H2,1-5H3,(H,18,21)/t13-/m0/s1. The molecule has 2 aromatic rings. The molecule has 0 aliphatic carbocycles. The van der Waals surface area contributed by atoms with Gasteiger partial charge in [-0.25, -0.2) is 8.42 Å². The van der Waals surface area contributed by atoms with Crippen LogP contribution in [0.25, 0.3) is 0 Å². The summed E-state index contributed by atoms with van der Waals surface area (Å²) in [6.07, 6.45) is 1.17. The van der Waals surface area contributed by atoms with Crippen LogP contribution in [-0.2, 0) is 21.2 Å². The molecule has 0 fully saturated rings. The molecule has 0 bridgehead atoms. The summed E-state index contributed by atoms with van der Waals surface area (Å²) >= 11 is 0. The van der Waals surface area contributed by atoms with Gasteiger partial charge in [0.05, 0.1) is 16.6 Å². The van der Waals surface area contributed by atoms with Crippen molar-refractivity contribution in [3.8, 4) is 0 Å². The van der Waals surface area contributed by atoms with E-state index in [1.807, 2.05) is 27.7 Å². The van der Waals surface area contributed by atoms with Crippen LogP contribution < -0.4 is 5.32 Å². The molecule has 1 aromatic carbocycles. The quantitative estimate of drug-likeness (QED) is 0.896. The molecular weight excluding hydrogens is 326 g/mol. The molecular formula is C17H23N3O3S. The number of nitrogens with zero attached hydrogens (tertiary/aromatic N) is 2. The molecule has 0 aliphatic rings. The van der Waals surface area contributed by atoms with Gasteiger partial charge in [0.1, 0.15) is 6.54 Å². The van der Waals surface area contributed by atoms with Gasteiger partial charge < -0.3 is 5.32 Å². The monoisotopic (exact) mass is 349 g/mol. The van der Waals surface area contributed by atoms with Crippen molar-refractivity contribution < 1.29 is 13.2 Å². The number of hydrogen-bond donors (Lipinski definition) is 1. The lowest BCUT2D eigenvalue weighted by Crippen LogP contribution is -2.30. The van der Waals surface area contributed by atoms with Gasteiger partial charge >= 0.3 is 0 Å². The zero-order chi connectivity index (χ0) is 18.1. The summed E-state index contributed by atoms with van der Waals surface area (Å²) in [6.45, 7) is 7.86. The van der Waals surface area contributed by atoms with Gasteiger partial charge in [0.15, 0.2) is 9.84 Å². The second-order valence-electron chi connectivity index (χ2n) is 6.08. The molecule has 0 radical (unpaired) electrons. The van der Waals surface area contributed by atoms with Gasteiger partial charge in [-0.2, -0.15) is 5.10 Å². The number of rotatable bonds is 5. The molecule has 0 saturated heterocycles. The Morgan fingerprint density at radius 3 is 2.25 bits per heavy atom. The Kier molecular flexibility index (Phi) is 5.13. The van der Waals surface area contributed by atoms with Gasteiger partial charge in [-0.05, 0) is 51.0 Å². The van der Waals surface area contributed by atoms with Crippen LogP contribution in [0.3, 0.4) is 0 Å². The Hall–Kier alpha value is -2.15. The maximum atomic E-state index is 12.2. The highest BCUT2D eigenvalue weighted by Crippen LogP contribution is 2.16. The number of aromatic nitrogens is 2. The van der Waals surface area contributed by atoms with Crippen LogP contribution in [0.4, 0.5) is 0 Å². The van der Waals surface area contributed by atoms with Crippen LogP contribution in [0.2, 0.25) is 0 Å². The average Bonchev–Trinajstić information content (AvgIpc) is 2.73. The van der Waals surface area contributed by atoms with Crippen molar-refractivity contribution in [3.63, 3.8) is 0 Å². The van der Waals surface area contributed by atoms with E-state index in [9.17, 15) is 13.2 Å². The largest absolute Gasteiger partial charge is 0.348 e. The van der Waals surface area contributed by atoms with Gasteiger partial charge in [-0.1, -0.05) is 12.1 Å². The lowest BCUT2D eigenvalue weighted by atomic mass is 10.1. The maximum Gasteiger partial charge on any atom is 0.242 e. The molecule has 1 amide bonds. The van der Waals surface area contributed by atoms with E-state index >= 15 is 0 Å². The number of benzene rings is 1. The van der Waals surface area contributed by atoms with Crippen molar-refractivity contribution in [1.29, 1.82) is 0 Å². The molecule has 7 heteroatoms. The molecule has 2 rings (SSSR count). The minimum atomic E-state index is -3.21. The van der Waals surface area contributed by atoms with E-state index in [1.54, 1.807) is 28.9 Å². The Morgan fingerprint density at radius 2 is 1.79 bits per heavy atom. The zero-order valence-corrected chi connectivity index (χ0v) is 15.4. The number of nitrogens with one attached hydrogen (secondary N) is 1. The van der Waals surface area contributed by atoms with Crippen molar-refractivity contribution in [2.24, 2.45) is 0 Å². The van der Waals surface area contributed by atoms with Crippen LogP contribution in [0, 0.1) is 20.8 Å². The zero-order valence-electron chi connectivity index (χ0n) is 14.6. The van der Waals surface area contributed by atoms with E-state index in [2.05, 4.69) is 10.4 Å². The number of carbonyl (C=O) groups is 1. The fraction of sp³-hybridized carbons (Fsp3) is 0.412. The minimum Gasteiger partial charge on any atom is -0.348 e. The van der Waals surface area contributed by atoms with Gasteiger partial charge in [0, 0.05) is 11.9 Å². The fourth-order valence-electron chi connectivity index (χ4n) is 2.45. The van der Waals surface area contributed by atoms with E-state index in [0.717, 1.165) is 22.5 Å². The molecule has 130 valence electrons. The Bertz CT molecular complexity index is 852. The molecule has 1 N–H and O–H groups in total. The summed E-state index contributed by atoms with van der Waals surface area (Å²) in [6, 6.07) is 6.32. The van der Waals surface area contributed by atoms with Crippen LogP contribution in [-0.4, -0.2) is 30.4 Å². The predicted octanol–water partition coefficient (Wildman–Crippen LogP) is 2.09. The second-order valence-corrected chi connectivity index (χ2v) is 8.10. The Labute approximate surface area is 142 Å². The maximum absolute atomic E-state index is 12.2. The summed E-state index contributed by atoms with van der Waals surface area (Å²) in [4.78, 5) is 12.5. The first-order valence-corrected chi connectivity index (χ1v) is 9.58. The van der Waals surface area contributed by atoms with Crippen molar-refractivity contribution in [2.75, 3.05) is 6.26 Å². The number of amides is 1. The SMILES string of the molecule is Cc1nn(CC(=O)N[C@@H](C)c2ccc(S(C)(=O)=O)cc2)c(C)c1C. The van der Waals surface area contributed by atoms with Gasteiger partial charge in [0.25, 0.3) is 0 Å². The third-order valence-corrected chi connectivity index (χ3v) is 5.35. The number of aryl methyl sites for hydroxylation is 1. The molecule has 0 unspecified atom stereocenters. The second kappa shape index (κ2) is 6.76. The Morgan fingerprint density at radius 1 is 1.21 bits per heavy atom. The van der Waals surface area contributed by atoms with Crippen molar-refractivity contribution in [1.82, 2.24) is 15.1 Å². The van der Waals surface area contributed by atoms with Crippen molar-refractivity contribution in [2.45, 2.75) is 45.2 Å². The van der Waals surface area contributed by atoms with E-state index in [1.165, 1.54) is 6.26 Å². The number of sulfone groups is 1. The third-order valence-electron chi connectivity index (χ3n) is 4.22. The summed E-state index contributed by atoms with van der Waals surface area (Å²) in [5, 5.41) is 7.27. The van der Waals surface area contributed by atoms with E-state index in [4.69, 9.17) is 0 Å². The van der Waals surface area contributed by atoms with Crippen LogP contribution in [0.15, 0.2) is 29.2 Å². The van der Waals surface area contributed by atoms with Gasteiger partial charge in [-0.3, -0.25) is 9.48 Å². The highest BCUT2D eigenvalue weighted by Gasteiger charge is 2.14. The summed E-state index contributed by atoms with van der Waals surface area (Å²) in [5.41, 5.74) is 3.84. The van der Waals surface area contributed by atoms with E-state index in [-0.39, 0.29) is 23.4 Å². The molecule has 6 nitrogen and oxygen atoms in total. The van der Waals surface area contributed by atoms with Gasteiger partial charge in [0.2, 0.25) is 5.91 Å². The first kappa shape index (κ1) is 18.2. The van der Waals surface area contributed by atoms with Gasteiger partial charge in [-0.15, -0.1) is 0 Å². The molecule has 24 heavy (non-hydrogen) atoms. The summed E-state index contributed by atoms with van der Waals surface area (Å²) in [7, 11) is -3.21. The minimum absolute atomic E-state index is 0.139. The topological polar surface area (TPSA) is 81.1 Å². The fourth-order valence-corrected chi connectivity index (χ4v) is 3.08. The summed E-state index contributed by atoms with van der Waals surface area (Å²) < 4.78 is 24.6. The van der Waals surface area contributed by atoms with Crippen molar-refractivity contribution in [3.05, 3.63) is 46.8 Å². The van der Waals surface area contributed by atoms with Crippen LogP contribution in [0.5, 0.6) is 0 Å². The molecule has 0 saturated carbocycles. The Balaban J connectivity index is 2.04. The predicted molar refractivity (Wildman–Crippen MR) is 92.5 cm³/mol. The average molecular weight is 349 g/mol. The lowest BCUT2D eigenvalue weighted by Gasteiger charge is -2.15. The van der Waals surface area contributed by atoms with E-state index < -0.39 is 9.84 Å². The lowest BCUT2D eigenvalue weighted by molar-refractivity contribution is -0.122. The van der Waals surface area contributed by atoms with Crippen LogP contribution in [0.1, 0.15) is 35.5 Å². The molecule has 1 atom stereocenters. The number of hydrogen-bond acceptors (Lipinski definition) is 4. The van der Waals surface area contributed by atoms with E-state index in [0.29, 0.717) is 0 Å². The normalized spacial score (nSPS) is 12.9. The molecule has 1 heterocycles. The molecule has 0 aliphatic heterocycles. The third kappa shape index (κ3) is 4.03. The smallest absolute Gasteiger partial charge is 0.242 e. The first-order valence-electron chi connectivity index (χ1n) is 7.69. The van der Waals surface area contributed by atoms with Crippen LogP contribution >= 0.6 is 0 Å². The number of carbonyl (C=O) groups excluding carboxylic acids is 1. The molecule has 0 spiro atoms. The first-order chi connectivity index (χ1) is 11.1. The highest BCUT2D eigenvalue weighted by atomic mass is 32.2. The molecule has 1 aromatic heterocycles. The van der Waals surface area contributed by atoms with Crippen molar-refractivity contribution >= 4 is 15.7 Å².